The zero-order chi connectivity index (χ0) is 16.1. The van der Waals surface area contributed by atoms with E-state index in [2.05, 4.69) is 4.98 Å². The lowest BCUT2D eigenvalue weighted by Gasteiger charge is -2.26. The van der Waals surface area contributed by atoms with Gasteiger partial charge in [-0.1, -0.05) is 36.8 Å². The Labute approximate surface area is 137 Å². The summed E-state index contributed by atoms with van der Waals surface area (Å²) in [7, 11) is 0. The first-order valence-electron chi connectivity index (χ1n) is 8.26. The van der Waals surface area contributed by atoms with Crippen LogP contribution in [0.25, 0.3) is 0 Å². The molecule has 1 aromatic carbocycles. The maximum atomic E-state index is 6.01. The van der Waals surface area contributed by atoms with Gasteiger partial charge in [0.25, 0.3) is 0 Å². The number of aryl methyl sites for hydroxylation is 1. The third-order valence-electron chi connectivity index (χ3n) is 4.30. The highest BCUT2D eigenvalue weighted by Crippen LogP contribution is 2.31. The summed E-state index contributed by atoms with van der Waals surface area (Å²) in [5.41, 5.74) is 8.77. The summed E-state index contributed by atoms with van der Waals surface area (Å²) in [5, 5.41) is 0. The maximum Gasteiger partial charge on any atom is 0.222 e. The Morgan fingerprint density at radius 2 is 1.96 bits per heavy atom. The van der Waals surface area contributed by atoms with Crippen LogP contribution in [0, 0.1) is 12.8 Å². The Kier molecular flexibility index (Phi) is 5.13. The zero-order valence-corrected chi connectivity index (χ0v) is 13.6. The van der Waals surface area contributed by atoms with Crippen LogP contribution in [-0.2, 0) is 13.2 Å². The molecule has 0 unspecified atom stereocenters. The van der Waals surface area contributed by atoms with E-state index in [9.17, 15) is 0 Å². The molecule has 1 aromatic heterocycles. The van der Waals surface area contributed by atoms with Gasteiger partial charge in [-0.15, -0.1) is 0 Å². The number of benzene rings is 1. The zero-order valence-electron chi connectivity index (χ0n) is 13.6. The molecule has 2 N–H and O–H groups in total. The van der Waals surface area contributed by atoms with Gasteiger partial charge in [-0.25, -0.2) is 4.98 Å². The second-order valence-electron chi connectivity index (χ2n) is 6.13. The van der Waals surface area contributed by atoms with Crippen molar-refractivity contribution in [3.8, 4) is 11.6 Å². The van der Waals surface area contributed by atoms with Crippen molar-refractivity contribution in [1.29, 1.82) is 0 Å². The molecule has 0 aliphatic heterocycles. The van der Waals surface area contributed by atoms with Crippen molar-refractivity contribution in [3.63, 3.8) is 0 Å². The lowest BCUT2D eigenvalue weighted by Crippen LogP contribution is -2.20. The van der Waals surface area contributed by atoms with Crippen LogP contribution < -0.4 is 15.2 Å². The van der Waals surface area contributed by atoms with Gasteiger partial charge in [0.2, 0.25) is 5.88 Å². The van der Waals surface area contributed by atoms with Crippen LogP contribution in [0.3, 0.4) is 0 Å². The van der Waals surface area contributed by atoms with Crippen molar-refractivity contribution >= 4 is 0 Å². The number of nitrogens with zero attached hydrogens (tertiary/aromatic N) is 1. The minimum atomic E-state index is 0.359. The number of hydrogen-bond donors (Lipinski definition) is 1. The molecule has 1 aliphatic rings. The van der Waals surface area contributed by atoms with E-state index in [1.54, 1.807) is 0 Å². The third kappa shape index (κ3) is 4.02. The number of pyridine rings is 1. The van der Waals surface area contributed by atoms with Gasteiger partial charge in [-0.05, 0) is 31.2 Å². The van der Waals surface area contributed by atoms with Gasteiger partial charge in [-0.2, -0.15) is 0 Å². The van der Waals surface area contributed by atoms with Gasteiger partial charge >= 0.3 is 0 Å². The standard InChI is InChI=1S/C19H24N2O2/c1-14-10-18(22-12-16-8-5-9-16)17(11-20)19(21-14)23-13-15-6-3-2-4-7-15/h2-4,6-7,10,16H,5,8-9,11-13,20H2,1H3. The summed E-state index contributed by atoms with van der Waals surface area (Å²) in [5.74, 6) is 2.08. The molecule has 3 rings (SSSR count). The average Bonchev–Trinajstić information content (AvgIpc) is 2.52. The molecule has 0 spiro atoms. The van der Waals surface area contributed by atoms with E-state index in [1.165, 1.54) is 19.3 Å². The summed E-state index contributed by atoms with van der Waals surface area (Å²) in [4.78, 5) is 4.50. The molecule has 122 valence electrons. The van der Waals surface area contributed by atoms with Gasteiger partial charge in [-0.3, -0.25) is 0 Å². The normalized spacial score (nSPS) is 14.3. The predicted octanol–water partition coefficient (Wildman–Crippen LogP) is 3.61. The molecule has 23 heavy (non-hydrogen) atoms. The van der Waals surface area contributed by atoms with Crippen LogP contribution in [0.4, 0.5) is 0 Å². The van der Waals surface area contributed by atoms with E-state index in [1.807, 2.05) is 43.3 Å². The van der Waals surface area contributed by atoms with E-state index in [-0.39, 0.29) is 0 Å². The molecular formula is C19H24N2O2. The van der Waals surface area contributed by atoms with Crippen molar-refractivity contribution in [1.82, 2.24) is 4.98 Å². The molecule has 1 heterocycles. The molecule has 0 atom stereocenters. The van der Waals surface area contributed by atoms with Gasteiger partial charge in [0.15, 0.2) is 0 Å². The minimum Gasteiger partial charge on any atom is -0.493 e. The second-order valence-corrected chi connectivity index (χ2v) is 6.13. The smallest absolute Gasteiger partial charge is 0.222 e. The van der Waals surface area contributed by atoms with Crippen molar-refractivity contribution in [2.75, 3.05) is 6.61 Å². The number of ether oxygens (including phenoxy) is 2. The second kappa shape index (κ2) is 7.47. The highest BCUT2D eigenvalue weighted by Gasteiger charge is 2.20. The van der Waals surface area contributed by atoms with Crippen molar-refractivity contribution in [2.45, 2.75) is 39.3 Å². The molecule has 0 radical (unpaired) electrons. The van der Waals surface area contributed by atoms with Crippen LogP contribution in [0.2, 0.25) is 0 Å². The molecule has 1 aliphatic carbocycles. The first-order chi connectivity index (χ1) is 11.3. The SMILES string of the molecule is Cc1cc(OCC2CCC2)c(CN)c(OCc2ccccc2)n1. The van der Waals surface area contributed by atoms with Gasteiger partial charge in [0.1, 0.15) is 12.4 Å². The van der Waals surface area contributed by atoms with E-state index in [4.69, 9.17) is 15.2 Å². The van der Waals surface area contributed by atoms with Crippen LogP contribution in [0.1, 0.15) is 36.1 Å². The van der Waals surface area contributed by atoms with Gasteiger partial charge < -0.3 is 15.2 Å². The fourth-order valence-corrected chi connectivity index (χ4v) is 2.67. The largest absolute Gasteiger partial charge is 0.493 e. The summed E-state index contributed by atoms with van der Waals surface area (Å²) >= 11 is 0. The molecule has 1 fully saturated rings. The van der Waals surface area contributed by atoms with E-state index in [0.717, 1.165) is 29.2 Å². The van der Waals surface area contributed by atoms with Gasteiger partial charge in [0, 0.05) is 18.3 Å². The molecule has 2 aromatic rings. The molecule has 4 nitrogen and oxygen atoms in total. The molecular weight excluding hydrogens is 288 g/mol. The lowest BCUT2D eigenvalue weighted by molar-refractivity contribution is 0.178. The van der Waals surface area contributed by atoms with Crippen LogP contribution in [-0.4, -0.2) is 11.6 Å². The Hall–Kier alpha value is -2.07. The Balaban J connectivity index is 1.73. The fraction of sp³-hybridized carbons (Fsp3) is 0.421. The first kappa shape index (κ1) is 15.8. The Morgan fingerprint density at radius 1 is 1.17 bits per heavy atom. The topological polar surface area (TPSA) is 57.4 Å². The predicted molar refractivity (Wildman–Crippen MR) is 90.5 cm³/mol. The van der Waals surface area contributed by atoms with E-state index < -0.39 is 0 Å². The Bertz CT molecular complexity index is 639. The maximum absolute atomic E-state index is 6.01. The Morgan fingerprint density at radius 3 is 2.61 bits per heavy atom. The van der Waals surface area contributed by atoms with Gasteiger partial charge in [0.05, 0.1) is 12.2 Å². The summed E-state index contributed by atoms with van der Waals surface area (Å²) < 4.78 is 11.9. The molecule has 0 saturated heterocycles. The third-order valence-corrected chi connectivity index (χ3v) is 4.30. The van der Waals surface area contributed by atoms with E-state index >= 15 is 0 Å². The number of rotatable bonds is 7. The lowest BCUT2D eigenvalue weighted by atomic mass is 9.86. The molecule has 4 heteroatoms. The minimum absolute atomic E-state index is 0.359. The number of nitrogens with two attached hydrogens (primary N) is 1. The highest BCUT2D eigenvalue weighted by molar-refractivity contribution is 5.42. The monoisotopic (exact) mass is 312 g/mol. The fourth-order valence-electron chi connectivity index (χ4n) is 2.67. The van der Waals surface area contributed by atoms with Crippen LogP contribution in [0.15, 0.2) is 36.4 Å². The number of hydrogen-bond acceptors (Lipinski definition) is 4. The van der Waals surface area contributed by atoms with Crippen LogP contribution >= 0.6 is 0 Å². The molecule has 1 saturated carbocycles. The quantitative estimate of drug-likeness (QED) is 0.848. The summed E-state index contributed by atoms with van der Waals surface area (Å²) in [6, 6.07) is 12.0. The van der Waals surface area contributed by atoms with Crippen molar-refractivity contribution in [2.24, 2.45) is 11.7 Å². The molecule has 0 amide bonds. The first-order valence-corrected chi connectivity index (χ1v) is 8.26. The average molecular weight is 312 g/mol. The summed E-state index contributed by atoms with van der Waals surface area (Å²) in [6.45, 7) is 3.55. The van der Waals surface area contributed by atoms with Crippen molar-refractivity contribution < 1.29 is 9.47 Å². The summed E-state index contributed by atoms with van der Waals surface area (Å²) in [6.07, 6.45) is 3.84. The van der Waals surface area contributed by atoms with Crippen LogP contribution in [0.5, 0.6) is 11.6 Å². The number of aromatic nitrogens is 1. The van der Waals surface area contributed by atoms with E-state index in [0.29, 0.717) is 24.9 Å². The van der Waals surface area contributed by atoms with Crippen molar-refractivity contribution in [3.05, 3.63) is 53.2 Å². The highest BCUT2D eigenvalue weighted by atomic mass is 16.5. The molecule has 0 bridgehead atoms.